The van der Waals surface area contributed by atoms with E-state index in [4.69, 9.17) is 4.98 Å². The van der Waals surface area contributed by atoms with E-state index in [0.29, 0.717) is 0 Å². The zero-order valence-corrected chi connectivity index (χ0v) is 34.7. The van der Waals surface area contributed by atoms with Crippen LogP contribution in [0.25, 0.3) is 42.3 Å². The monoisotopic (exact) mass is 874 g/mol. The summed E-state index contributed by atoms with van der Waals surface area (Å²) in [6, 6.07) is 17.3. The van der Waals surface area contributed by atoms with E-state index < -0.39 is 0 Å². The van der Waals surface area contributed by atoms with Gasteiger partial charge in [0.1, 0.15) is 6.33 Å². The Morgan fingerprint density at radius 1 is 0.860 bits per heavy atom. The average Bonchev–Trinajstić information content (AvgIpc) is 3.38. The number of thiophene rings is 1. The summed E-state index contributed by atoms with van der Waals surface area (Å²) in [6.45, 7) is 21.5. The van der Waals surface area contributed by atoms with Crippen molar-refractivity contribution in [2.75, 3.05) is 0 Å². The number of hydrogen-bond donors (Lipinski definition) is 1. The molecule has 5 rings (SSSR count). The second-order valence-corrected chi connectivity index (χ2v) is 16.8. The van der Waals surface area contributed by atoms with Gasteiger partial charge in [0.05, 0.1) is 17.1 Å². The first-order valence-corrected chi connectivity index (χ1v) is 18.6. The maximum absolute atomic E-state index is 14.1. The van der Waals surface area contributed by atoms with Crippen LogP contribution in [0.15, 0.2) is 60.6 Å². The van der Waals surface area contributed by atoms with Crippen LogP contribution < -0.4 is 0 Å². The summed E-state index contributed by atoms with van der Waals surface area (Å²) in [5.41, 5.74) is 5.59. The Labute approximate surface area is 316 Å². The maximum Gasteiger partial charge on any atom is 0.162 e. The standard InChI is InChI=1S/C30H30FN2S.C13H24O2.Ir/c1-29(2,3)15-18-7-9-24-25(11-18)34-28-26(32-17-33-27(24)28)20-12-19-14-22(31)8-10-23(19)21(13-20)16-30(4,5)6;1-5-10(6-2)12(14)9-13(15)11(7-3)8-4;/h7-11,13-14,17H,15-16H2,1-6H3;9-11,14H,5-8H2,1-4H3;/q-1;;/b;12-9-;. The minimum atomic E-state index is -0.247. The molecule has 0 aliphatic carbocycles. The molecule has 50 heavy (non-hydrogen) atoms. The van der Waals surface area contributed by atoms with E-state index in [-0.39, 0.29) is 60.1 Å². The Balaban J connectivity index is 0.000000361. The molecule has 0 fully saturated rings. The van der Waals surface area contributed by atoms with Crippen LogP contribution in [0.2, 0.25) is 0 Å². The fourth-order valence-corrected chi connectivity index (χ4v) is 7.71. The van der Waals surface area contributed by atoms with Gasteiger partial charge in [0, 0.05) is 58.5 Å². The van der Waals surface area contributed by atoms with Crippen molar-refractivity contribution in [3.05, 3.63) is 83.6 Å². The van der Waals surface area contributed by atoms with Gasteiger partial charge in [-0.3, -0.25) is 9.78 Å². The number of aliphatic hydroxyl groups excluding tert-OH is 1. The van der Waals surface area contributed by atoms with E-state index >= 15 is 0 Å². The Kier molecular flexibility index (Phi) is 14.5. The summed E-state index contributed by atoms with van der Waals surface area (Å²) >= 11 is 1.73. The normalized spacial score (nSPS) is 12.5. The van der Waals surface area contributed by atoms with Crippen molar-refractivity contribution >= 4 is 48.2 Å². The molecule has 0 aliphatic rings. The Hall–Kier alpha value is -2.99. The number of rotatable bonds is 10. The van der Waals surface area contributed by atoms with Crippen molar-refractivity contribution in [2.45, 2.75) is 108 Å². The van der Waals surface area contributed by atoms with Gasteiger partial charge in [-0.05, 0) is 67.1 Å². The van der Waals surface area contributed by atoms with E-state index in [2.05, 4.69) is 76.9 Å². The summed E-state index contributed by atoms with van der Waals surface area (Å²) < 4.78 is 16.4. The minimum absolute atomic E-state index is 0. The number of aromatic nitrogens is 2. The summed E-state index contributed by atoms with van der Waals surface area (Å²) in [4.78, 5) is 21.1. The molecule has 0 spiro atoms. The van der Waals surface area contributed by atoms with Gasteiger partial charge in [0.2, 0.25) is 0 Å². The number of ketones is 1. The first-order valence-electron chi connectivity index (χ1n) is 17.8. The van der Waals surface area contributed by atoms with Gasteiger partial charge >= 0.3 is 0 Å². The first-order chi connectivity index (χ1) is 23.1. The van der Waals surface area contributed by atoms with Gasteiger partial charge < -0.3 is 5.11 Å². The number of carbonyl (C=O) groups is 1. The van der Waals surface area contributed by atoms with Crippen molar-refractivity contribution in [3.8, 4) is 11.3 Å². The van der Waals surface area contributed by atoms with Gasteiger partial charge in [-0.25, -0.2) is 9.37 Å². The molecule has 2 heterocycles. The number of hydrogen-bond acceptors (Lipinski definition) is 5. The van der Waals surface area contributed by atoms with Crippen molar-refractivity contribution < 1.29 is 34.4 Å². The van der Waals surface area contributed by atoms with Crippen LogP contribution in [-0.4, -0.2) is 20.9 Å². The number of benzene rings is 3. The molecule has 0 bridgehead atoms. The quantitative estimate of drug-likeness (QED) is 0.0863. The molecule has 1 radical (unpaired) electrons. The van der Waals surface area contributed by atoms with Gasteiger partial charge in [-0.15, -0.1) is 34.4 Å². The second kappa shape index (κ2) is 17.5. The third-order valence-corrected chi connectivity index (χ3v) is 10.2. The van der Waals surface area contributed by atoms with Crippen LogP contribution in [0.5, 0.6) is 0 Å². The number of allylic oxidation sites excluding steroid dienone is 2. The Morgan fingerprint density at radius 3 is 2.08 bits per heavy atom. The second-order valence-electron chi connectivity index (χ2n) is 15.7. The van der Waals surface area contributed by atoms with Crippen LogP contribution in [0.3, 0.4) is 0 Å². The van der Waals surface area contributed by atoms with E-state index in [1.807, 2.05) is 33.8 Å². The molecule has 2 aromatic heterocycles. The molecule has 4 nitrogen and oxygen atoms in total. The van der Waals surface area contributed by atoms with Gasteiger partial charge in [0.25, 0.3) is 0 Å². The zero-order chi connectivity index (χ0) is 36.1. The fraction of sp³-hybridized carbons (Fsp3) is 0.465. The molecule has 5 aromatic rings. The predicted octanol–water partition coefficient (Wildman–Crippen LogP) is 12.6. The SMILES string of the molecule is CC(C)(C)Cc1ccc2c(c1)sc1c(-c3[c-]c4cc(F)ccc4c(CC(C)(C)C)c3)ncnc12.CCC(CC)C(=O)/C=C(\O)C(CC)CC.[Ir]. The van der Waals surface area contributed by atoms with Crippen LogP contribution in [-0.2, 0) is 37.7 Å². The molecule has 1 N–H and O–H groups in total. The predicted molar refractivity (Wildman–Crippen MR) is 207 cm³/mol. The van der Waals surface area contributed by atoms with Gasteiger partial charge in [0.15, 0.2) is 5.78 Å². The summed E-state index contributed by atoms with van der Waals surface area (Å²) in [7, 11) is 0. The molecule has 0 unspecified atom stereocenters. The third-order valence-electron chi connectivity index (χ3n) is 9.02. The number of nitrogens with zero attached hydrogens (tertiary/aromatic N) is 2. The topological polar surface area (TPSA) is 63.1 Å². The van der Waals surface area contributed by atoms with Crippen molar-refractivity contribution in [1.82, 2.24) is 9.97 Å². The van der Waals surface area contributed by atoms with Crippen LogP contribution in [0.1, 0.15) is 106 Å². The van der Waals surface area contributed by atoms with Gasteiger partial charge in [-0.1, -0.05) is 104 Å². The molecular weight excluding hydrogens is 820 g/mol. The van der Waals surface area contributed by atoms with Crippen LogP contribution in [0.4, 0.5) is 4.39 Å². The largest absolute Gasteiger partial charge is 0.512 e. The van der Waals surface area contributed by atoms with Gasteiger partial charge in [-0.2, -0.15) is 0 Å². The molecule has 0 saturated heterocycles. The maximum atomic E-state index is 14.1. The molecule has 7 heteroatoms. The molecule has 271 valence electrons. The summed E-state index contributed by atoms with van der Waals surface area (Å²) in [5.74, 6) is 0.301. The summed E-state index contributed by atoms with van der Waals surface area (Å²) in [5, 5.41) is 12.8. The Bertz CT molecular complexity index is 1940. The van der Waals surface area contributed by atoms with Crippen molar-refractivity contribution in [2.24, 2.45) is 22.7 Å². The number of carbonyl (C=O) groups excluding carboxylic acids is 1. The van der Waals surface area contributed by atoms with Crippen LogP contribution in [0, 0.1) is 34.5 Å². The number of aliphatic hydroxyl groups is 1. The van der Waals surface area contributed by atoms with Crippen molar-refractivity contribution in [1.29, 1.82) is 0 Å². The molecule has 0 atom stereocenters. The molecule has 0 saturated carbocycles. The zero-order valence-electron chi connectivity index (χ0n) is 31.5. The fourth-order valence-electron chi connectivity index (χ4n) is 6.49. The third kappa shape index (κ3) is 10.5. The van der Waals surface area contributed by atoms with Crippen molar-refractivity contribution in [3.63, 3.8) is 0 Å². The number of fused-ring (bicyclic) bond motifs is 4. The molecule has 0 aliphatic heterocycles. The molecular formula is C43H54FIrN2O2S-. The Morgan fingerprint density at radius 2 is 1.48 bits per heavy atom. The first kappa shape index (κ1) is 41.4. The number of halogens is 1. The molecule has 0 amide bonds. The van der Waals surface area contributed by atoms with E-state index in [1.54, 1.807) is 23.7 Å². The summed E-state index contributed by atoms with van der Waals surface area (Å²) in [6.07, 6.45) is 8.45. The van der Waals surface area contributed by atoms with E-state index in [0.717, 1.165) is 76.2 Å². The van der Waals surface area contributed by atoms with Crippen LogP contribution >= 0.6 is 11.3 Å². The van der Waals surface area contributed by atoms with E-state index in [9.17, 15) is 14.3 Å². The average molecular weight is 874 g/mol. The smallest absolute Gasteiger partial charge is 0.162 e. The minimum Gasteiger partial charge on any atom is -0.512 e. The van der Waals surface area contributed by atoms with E-state index in [1.165, 1.54) is 28.0 Å². The molecule has 3 aromatic carbocycles.